The van der Waals surface area contributed by atoms with Gasteiger partial charge in [-0.3, -0.25) is 9.89 Å². The van der Waals surface area contributed by atoms with Crippen LogP contribution in [0, 0.1) is 20.8 Å². The predicted octanol–water partition coefficient (Wildman–Crippen LogP) is 3.90. The molecule has 0 atom stereocenters. The van der Waals surface area contributed by atoms with Crippen LogP contribution in [0.1, 0.15) is 16.7 Å². The molecule has 19 heavy (non-hydrogen) atoms. The van der Waals surface area contributed by atoms with E-state index in [9.17, 15) is 4.79 Å². The van der Waals surface area contributed by atoms with Crippen molar-refractivity contribution in [1.82, 2.24) is 10.2 Å². The second-order valence-corrected chi connectivity index (χ2v) is 5.47. The average Bonchev–Trinajstić information content (AvgIpc) is 2.34. The minimum Gasteiger partial charge on any atom is -0.433 e. The van der Waals surface area contributed by atoms with E-state index >= 15 is 0 Å². The molecule has 1 aromatic carbocycles. The van der Waals surface area contributed by atoms with Crippen molar-refractivity contribution in [2.45, 2.75) is 20.8 Å². The molecule has 0 aliphatic heterocycles. The number of halogens is 2. The number of ether oxygens (including phenoxy) is 1. The van der Waals surface area contributed by atoms with Gasteiger partial charge in [0.05, 0.1) is 4.47 Å². The number of hydrogen-bond donors (Lipinski definition) is 1. The van der Waals surface area contributed by atoms with Crippen LogP contribution in [-0.4, -0.2) is 10.2 Å². The van der Waals surface area contributed by atoms with Crippen molar-refractivity contribution < 1.29 is 4.74 Å². The van der Waals surface area contributed by atoms with Gasteiger partial charge >= 0.3 is 0 Å². The molecule has 0 saturated carbocycles. The van der Waals surface area contributed by atoms with E-state index in [0.29, 0.717) is 5.75 Å². The van der Waals surface area contributed by atoms with Crippen LogP contribution in [0.5, 0.6) is 11.6 Å². The Balaban J connectivity index is 2.52. The van der Waals surface area contributed by atoms with Gasteiger partial charge in [0.25, 0.3) is 5.88 Å². The highest BCUT2D eigenvalue weighted by Crippen LogP contribution is 2.35. The average molecular weight is 344 g/mol. The molecule has 6 heteroatoms. The van der Waals surface area contributed by atoms with E-state index in [4.69, 9.17) is 16.3 Å². The molecule has 1 aromatic heterocycles. The summed E-state index contributed by atoms with van der Waals surface area (Å²) < 4.78 is 6.44. The molecule has 4 nitrogen and oxygen atoms in total. The highest BCUT2D eigenvalue weighted by molar-refractivity contribution is 9.10. The summed E-state index contributed by atoms with van der Waals surface area (Å²) in [6.07, 6.45) is 0. The van der Waals surface area contributed by atoms with E-state index in [-0.39, 0.29) is 16.5 Å². The minimum absolute atomic E-state index is 0.0294. The lowest BCUT2D eigenvalue weighted by atomic mass is 10.1. The molecule has 0 spiro atoms. The first-order valence-electron chi connectivity index (χ1n) is 5.59. The van der Waals surface area contributed by atoms with Gasteiger partial charge in [-0.15, -0.1) is 5.10 Å². The Bertz CT molecular complexity index is 672. The largest absolute Gasteiger partial charge is 0.433 e. The first-order chi connectivity index (χ1) is 8.90. The summed E-state index contributed by atoms with van der Waals surface area (Å²) in [4.78, 5) is 11.7. The van der Waals surface area contributed by atoms with Gasteiger partial charge in [-0.2, -0.15) is 0 Å². The quantitative estimate of drug-likeness (QED) is 0.899. The van der Waals surface area contributed by atoms with Crippen molar-refractivity contribution >= 4 is 27.5 Å². The zero-order valence-electron chi connectivity index (χ0n) is 10.7. The summed E-state index contributed by atoms with van der Waals surface area (Å²) in [5.74, 6) is 0.566. The second-order valence-electron chi connectivity index (χ2n) is 4.27. The van der Waals surface area contributed by atoms with Gasteiger partial charge in [-0.25, -0.2) is 0 Å². The number of aryl methyl sites for hydroxylation is 2. The summed E-state index contributed by atoms with van der Waals surface area (Å²) in [5.41, 5.74) is 2.70. The zero-order valence-corrected chi connectivity index (χ0v) is 13.0. The highest BCUT2D eigenvalue weighted by atomic mass is 79.9. The second kappa shape index (κ2) is 5.35. The van der Waals surface area contributed by atoms with Gasteiger partial charge in [0.15, 0.2) is 0 Å². The van der Waals surface area contributed by atoms with Crippen molar-refractivity contribution in [2.24, 2.45) is 0 Å². The van der Waals surface area contributed by atoms with E-state index in [1.165, 1.54) is 6.07 Å². The lowest BCUT2D eigenvalue weighted by Crippen LogP contribution is -2.08. The van der Waals surface area contributed by atoms with Crippen LogP contribution in [0.25, 0.3) is 0 Å². The number of nitrogens with one attached hydrogen (secondary N) is 1. The molecule has 0 aliphatic carbocycles. The third-order valence-electron chi connectivity index (χ3n) is 2.84. The number of benzene rings is 1. The van der Waals surface area contributed by atoms with Crippen molar-refractivity contribution in [3.63, 3.8) is 0 Å². The third-order valence-corrected chi connectivity index (χ3v) is 4.02. The third kappa shape index (κ3) is 2.82. The lowest BCUT2D eigenvalue weighted by Gasteiger charge is -2.13. The van der Waals surface area contributed by atoms with Crippen molar-refractivity contribution in [3.05, 3.63) is 48.7 Å². The SMILES string of the molecule is Cc1cc(C)c(Br)c(Oc2n[nH]c(Cl)cc2=O)c1C. The smallest absolute Gasteiger partial charge is 0.285 e. The van der Waals surface area contributed by atoms with Crippen LogP contribution in [-0.2, 0) is 0 Å². The van der Waals surface area contributed by atoms with Gasteiger partial charge in [-0.1, -0.05) is 17.7 Å². The molecule has 0 aliphatic rings. The maximum absolute atomic E-state index is 11.7. The standard InChI is InChI=1S/C13H12BrClN2O2/c1-6-4-7(2)11(14)12(8(6)3)19-13-9(18)5-10(15)16-17-13/h4-5H,1-3H3,(H,16,18). The summed E-state index contributed by atoms with van der Waals surface area (Å²) in [7, 11) is 0. The Labute approximate surface area is 123 Å². The van der Waals surface area contributed by atoms with Crippen LogP contribution in [0.2, 0.25) is 5.15 Å². The van der Waals surface area contributed by atoms with Gasteiger partial charge in [-0.05, 0) is 53.4 Å². The number of hydrogen-bond acceptors (Lipinski definition) is 3. The van der Waals surface area contributed by atoms with Gasteiger partial charge in [0.2, 0.25) is 5.43 Å². The number of nitrogens with zero attached hydrogens (tertiary/aromatic N) is 1. The summed E-state index contributed by atoms with van der Waals surface area (Å²) >= 11 is 9.12. The normalized spacial score (nSPS) is 10.6. The Morgan fingerprint density at radius 3 is 2.58 bits per heavy atom. The Morgan fingerprint density at radius 1 is 1.26 bits per heavy atom. The maximum atomic E-state index is 11.7. The fourth-order valence-electron chi connectivity index (χ4n) is 1.68. The molecule has 0 bridgehead atoms. The van der Waals surface area contributed by atoms with E-state index in [2.05, 4.69) is 26.1 Å². The Hall–Kier alpha value is -1.33. The van der Waals surface area contributed by atoms with E-state index < -0.39 is 0 Å². The molecule has 100 valence electrons. The molecule has 2 rings (SSSR count). The van der Waals surface area contributed by atoms with Crippen molar-refractivity contribution in [3.8, 4) is 11.6 Å². The molecule has 1 N–H and O–H groups in total. The van der Waals surface area contributed by atoms with Crippen LogP contribution < -0.4 is 10.2 Å². The van der Waals surface area contributed by atoms with Crippen molar-refractivity contribution in [2.75, 3.05) is 0 Å². The molecule has 0 radical (unpaired) electrons. The fraction of sp³-hybridized carbons (Fsp3) is 0.231. The number of aromatic nitrogens is 2. The van der Waals surface area contributed by atoms with Gasteiger partial charge < -0.3 is 4.74 Å². The van der Waals surface area contributed by atoms with E-state index in [1.807, 2.05) is 26.8 Å². The summed E-state index contributed by atoms with van der Waals surface area (Å²) in [5, 5.41) is 6.48. The fourth-order valence-corrected chi connectivity index (χ4v) is 2.31. The zero-order chi connectivity index (χ0) is 14.2. The topological polar surface area (TPSA) is 55.0 Å². The molecule has 1 heterocycles. The van der Waals surface area contributed by atoms with Gasteiger partial charge in [0.1, 0.15) is 10.9 Å². The van der Waals surface area contributed by atoms with E-state index in [0.717, 1.165) is 21.2 Å². The number of aromatic amines is 1. The molecule has 0 amide bonds. The Morgan fingerprint density at radius 2 is 1.95 bits per heavy atom. The predicted molar refractivity (Wildman–Crippen MR) is 78.3 cm³/mol. The molecular weight excluding hydrogens is 332 g/mol. The summed E-state index contributed by atoms with van der Waals surface area (Å²) in [6.45, 7) is 5.88. The number of rotatable bonds is 2. The molecule has 0 unspecified atom stereocenters. The minimum atomic E-state index is -0.366. The molecule has 0 fully saturated rings. The van der Waals surface area contributed by atoms with Gasteiger partial charge in [0, 0.05) is 6.07 Å². The van der Waals surface area contributed by atoms with E-state index in [1.54, 1.807) is 0 Å². The first-order valence-corrected chi connectivity index (χ1v) is 6.76. The van der Waals surface area contributed by atoms with Crippen LogP contribution in [0.3, 0.4) is 0 Å². The molecule has 2 aromatic rings. The monoisotopic (exact) mass is 342 g/mol. The van der Waals surface area contributed by atoms with Crippen LogP contribution in [0.4, 0.5) is 0 Å². The van der Waals surface area contributed by atoms with Crippen molar-refractivity contribution in [1.29, 1.82) is 0 Å². The molecule has 0 saturated heterocycles. The van der Waals surface area contributed by atoms with Crippen LogP contribution >= 0.6 is 27.5 Å². The first kappa shape index (κ1) is 14.1. The highest BCUT2D eigenvalue weighted by Gasteiger charge is 2.14. The lowest BCUT2D eigenvalue weighted by molar-refractivity contribution is 0.443. The maximum Gasteiger partial charge on any atom is 0.285 e. The number of H-pyrrole nitrogens is 1. The molecular formula is C13H12BrClN2O2. The van der Waals surface area contributed by atoms with Crippen LogP contribution in [0.15, 0.2) is 21.4 Å². The summed E-state index contributed by atoms with van der Waals surface area (Å²) in [6, 6.07) is 3.28. The Kier molecular flexibility index (Phi) is 3.96.